The number of hydrogen-bond donors (Lipinski definition) is 1. The molecule has 1 rings (SSSR count). The summed E-state index contributed by atoms with van der Waals surface area (Å²) in [5, 5.41) is 0.168. The van der Waals surface area contributed by atoms with Gasteiger partial charge in [-0.05, 0) is 12.1 Å². The van der Waals surface area contributed by atoms with Crippen LogP contribution in [0.2, 0.25) is 5.02 Å². The van der Waals surface area contributed by atoms with Crippen molar-refractivity contribution < 1.29 is 14.3 Å². The van der Waals surface area contributed by atoms with Crippen LogP contribution in [0.15, 0.2) is 18.2 Å². The first-order valence-electron chi connectivity index (χ1n) is 5.34. The molecule has 5 nitrogen and oxygen atoms in total. The summed E-state index contributed by atoms with van der Waals surface area (Å²) < 4.78 is 4.96. The van der Waals surface area contributed by atoms with Gasteiger partial charge in [-0.25, -0.2) is 4.79 Å². The second kappa shape index (κ2) is 6.26. The Labute approximate surface area is 110 Å². The lowest BCUT2D eigenvalue weighted by Gasteiger charge is -2.10. The third kappa shape index (κ3) is 3.63. The lowest BCUT2D eigenvalue weighted by Crippen LogP contribution is -2.23. The number of rotatable bonds is 4. The molecule has 1 aromatic rings. The third-order valence-corrected chi connectivity index (χ3v) is 2.72. The van der Waals surface area contributed by atoms with E-state index in [1.165, 1.54) is 11.0 Å². The SMILES string of the molecule is CN(C)C(=O)CCOC(=O)c1cccc(N)c1Cl. The van der Waals surface area contributed by atoms with Crippen LogP contribution in [0.3, 0.4) is 0 Å². The standard InChI is InChI=1S/C12H15ClN2O3/c1-15(2)10(16)6-7-18-12(17)8-4-3-5-9(14)11(8)13/h3-5H,6-7,14H2,1-2H3. The molecule has 1 aromatic carbocycles. The number of benzene rings is 1. The number of carbonyl (C=O) groups is 2. The van der Waals surface area contributed by atoms with Crippen LogP contribution in [0.5, 0.6) is 0 Å². The Balaban J connectivity index is 2.56. The summed E-state index contributed by atoms with van der Waals surface area (Å²) >= 11 is 5.88. The zero-order chi connectivity index (χ0) is 13.7. The fraction of sp³-hybridized carbons (Fsp3) is 0.333. The van der Waals surface area contributed by atoms with E-state index in [0.29, 0.717) is 5.69 Å². The molecule has 0 aliphatic rings. The summed E-state index contributed by atoms with van der Waals surface area (Å²) in [6, 6.07) is 4.73. The van der Waals surface area contributed by atoms with E-state index < -0.39 is 5.97 Å². The van der Waals surface area contributed by atoms with Gasteiger partial charge < -0.3 is 15.4 Å². The van der Waals surface area contributed by atoms with Gasteiger partial charge in [0, 0.05) is 14.1 Å². The normalized spacial score (nSPS) is 9.94. The van der Waals surface area contributed by atoms with E-state index in [1.54, 1.807) is 26.2 Å². The van der Waals surface area contributed by atoms with Crippen LogP contribution < -0.4 is 5.73 Å². The number of carbonyl (C=O) groups excluding carboxylic acids is 2. The molecule has 0 aliphatic heterocycles. The van der Waals surface area contributed by atoms with E-state index in [1.807, 2.05) is 0 Å². The number of amides is 1. The fourth-order valence-corrected chi connectivity index (χ4v) is 1.44. The number of halogens is 1. The van der Waals surface area contributed by atoms with Crippen LogP contribution in [0, 0.1) is 0 Å². The van der Waals surface area contributed by atoms with Crippen molar-refractivity contribution in [3.63, 3.8) is 0 Å². The van der Waals surface area contributed by atoms with Crippen molar-refractivity contribution >= 4 is 29.2 Å². The summed E-state index contributed by atoms with van der Waals surface area (Å²) in [6.45, 7) is 0.0149. The zero-order valence-corrected chi connectivity index (χ0v) is 11.0. The summed E-state index contributed by atoms with van der Waals surface area (Å²) in [6.07, 6.45) is 0.138. The molecule has 2 N–H and O–H groups in total. The Morgan fingerprint density at radius 1 is 1.39 bits per heavy atom. The minimum Gasteiger partial charge on any atom is -0.462 e. The highest BCUT2D eigenvalue weighted by atomic mass is 35.5. The van der Waals surface area contributed by atoms with Crippen LogP contribution in [-0.4, -0.2) is 37.5 Å². The summed E-state index contributed by atoms with van der Waals surface area (Å²) in [4.78, 5) is 24.4. The maximum absolute atomic E-state index is 11.7. The van der Waals surface area contributed by atoms with Gasteiger partial charge in [0.2, 0.25) is 5.91 Å². The summed E-state index contributed by atoms with van der Waals surface area (Å²) in [5.74, 6) is -0.694. The Morgan fingerprint density at radius 2 is 2.06 bits per heavy atom. The molecule has 0 heterocycles. The van der Waals surface area contributed by atoms with Gasteiger partial charge in [-0.1, -0.05) is 17.7 Å². The number of nitrogens with zero attached hydrogens (tertiary/aromatic N) is 1. The van der Waals surface area contributed by atoms with Crippen LogP contribution in [-0.2, 0) is 9.53 Å². The second-order valence-electron chi connectivity index (χ2n) is 3.88. The van der Waals surface area contributed by atoms with E-state index in [9.17, 15) is 9.59 Å². The number of esters is 1. The predicted molar refractivity (Wildman–Crippen MR) is 69.5 cm³/mol. The molecule has 18 heavy (non-hydrogen) atoms. The van der Waals surface area contributed by atoms with Crippen LogP contribution in [0.4, 0.5) is 5.69 Å². The highest BCUT2D eigenvalue weighted by Crippen LogP contribution is 2.23. The highest BCUT2D eigenvalue weighted by Gasteiger charge is 2.14. The average Bonchev–Trinajstić information content (AvgIpc) is 2.32. The molecule has 1 amide bonds. The molecule has 98 valence electrons. The first-order valence-corrected chi connectivity index (χ1v) is 5.72. The lowest BCUT2D eigenvalue weighted by atomic mass is 10.2. The highest BCUT2D eigenvalue weighted by molar-refractivity contribution is 6.36. The predicted octanol–water partition coefficient (Wildman–Crippen LogP) is 1.56. The van der Waals surface area contributed by atoms with Crippen LogP contribution in [0.1, 0.15) is 16.8 Å². The maximum Gasteiger partial charge on any atom is 0.339 e. The lowest BCUT2D eigenvalue weighted by molar-refractivity contribution is -0.129. The van der Waals surface area contributed by atoms with Gasteiger partial charge in [-0.3, -0.25) is 4.79 Å². The van der Waals surface area contributed by atoms with Gasteiger partial charge in [0.05, 0.1) is 22.7 Å². The molecule has 0 aromatic heterocycles. The number of nitrogen functional groups attached to an aromatic ring is 1. The molecular weight excluding hydrogens is 256 g/mol. The molecule has 0 spiro atoms. The van der Waals surface area contributed by atoms with Crippen molar-refractivity contribution in [2.24, 2.45) is 0 Å². The largest absolute Gasteiger partial charge is 0.462 e. The molecule has 6 heteroatoms. The van der Waals surface area contributed by atoms with Crippen molar-refractivity contribution in [2.75, 3.05) is 26.4 Å². The summed E-state index contributed by atoms with van der Waals surface area (Å²) in [7, 11) is 3.28. The molecule has 0 fully saturated rings. The summed E-state index contributed by atoms with van der Waals surface area (Å²) in [5.41, 5.74) is 6.09. The van der Waals surface area contributed by atoms with E-state index in [0.717, 1.165) is 0 Å². The third-order valence-electron chi connectivity index (χ3n) is 2.30. The van der Waals surface area contributed by atoms with Gasteiger partial charge in [0.15, 0.2) is 0 Å². The van der Waals surface area contributed by atoms with Crippen molar-refractivity contribution in [2.45, 2.75) is 6.42 Å². The average molecular weight is 271 g/mol. The quantitative estimate of drug-likeness (QED) is 0.666. The zero-order valence-electron chi connectivity index (χ0n) is 10.3. The Morgan fingerprint density at radius 3 is 2.67 bits per heavy atom. The molecule has 0 unspecified atom stereocenters. The Bertz CT molecular complexity index is 461. The minimum absolute atomic E-state index is 0.0149. The fourth-order valence-electron chi connectivity index (χ4n) is 1.24. The van der Waals surface area contributed by atoms with Crippen LogP contribution in [0.25, 0.3) is 0 Å². The van der Waals surface area contributed by atoms with Crippen molar-refractivity contribution in [3.8, 4) is 0 Å². The smallest absolute Gasteiger partial charge is 0.339 e. The topological polar surface area (TPSA) is 72.6 Å². The first-order chi connectivity index (χ1) is 8.43. The van der Waals surface area contributed by atoms with Gasteiger partial charge >= 0.3 is 5.97 Å². The molecule has 0 saturated heterocycles. The van der Waals surface area contributed by atoms with Gasteiger partial charge in [-0.15, -0.1) is 0 Å². The molecule has 0 saturated carbocycles. The Hall–Kier alpha value is -1.75. The van der Waals surface area contributed by atoms with E-state index in [2.05, 4.69) is 0 Å². The number of hydrogen-bond acceptors (Lipinski definition) is 4. The monoisotopic (exact) mass is 270 g/mol. The van der Waals surface area contributed by atoms with Gasteiger partial charge in [0.25, 0.3) is 0 Å². The van der Waals surface area contributed by atoms with E-state index in [-0.39, 0.29) is 29.5 Å². The van der Waals surface area contributed by atoms with Crippen molar-refractivity contribution in [1.29, 1.82) is 0 Å². The molecule has 0 radical (unpaired) electrons. The number of anilines is 1. The van der Waals surface area contributed by atoms with E-state index >= 15 is 0 Å². The second-order valence-corrected chi connectivity index (χ2v) is 4.26. The van der Waals surface area contributed by atoms with Crippen LogP contribution >= 0.6 is 11.6 Å². The molecular formula is C12H15ClN2O3. The molecule has 0 bridgehead atoms. The molecule has 0 atom stereocenters. The van der Waals surface area contributed by atoms with Gasteiger partial charge in [-0.2, -0.15) is 0 Å². The number of ether oxygens (including phenoxy) is 1. The van der Waals surface area contributed by atoms with Crippen molar-refractivity contribution in [1.82, 2.24) is 4.90 Å². The minimum atomic E-state index is -0.584. The van der Waals surface area contributed by atoms with Crippen molar-refractivity contribution in [3.05, 3.63) is 28.8 Å². The number of nitrogens with two attached hydrogens (primary N) is 1. The maximum atomic E-state index is 11.7. The molecule has 0 aliphatic carbocycles. The van der Waals surface area contributed by atoms with Gasteiger partial charge in [0.1, 0.15) is 6.61 Å². The Kier molecular flexibility index (Phi) is 4.97. The first kappa shape index (κ1) is 14.3. The van der Waals surface area contributed by atoms with E-state index in [4.69, 9.17) is 22.1 Å².